The molecule has 2 aromatic carbocycles. The standard InChI is InChI=1S/C36H42O8/c1-23(2)32(37)41-18-11-9-13-27-20-25(12-8-10-19-42-35(40)36(5,6)7)21-31-29(27)22-30(34(39)44-31)26-14-16-28(17-15-26)43-33(38)24(3)4/h14-17,20-22H,1,3,8-13,18-19H2,2,4-7H3. The minimum Gasteiger partial charge on any atom is -0.465 e. The number of fused-ring (bicyclic) bond motifs is 1. The smallest absolute Gasteiger partial charge is 0.344 e. The van der Waals surface area contributed by atoms with Crippen LogP contribution < -0.4 is 10.4 Å². The zero-order valence-electron chi connectivity index (χ0n) is 26.4. The van der Waals surface area contributed by atoms with Gasteiger partial charge in [0, 0.05) is 16.5 Å². The molecule has 0 spiro atoms. The van der Waals surface area contributed by atoms with Crippen molar-refractivity contribution in [1.29, 1.82) is 0 Å². The van der Waals surface area contributed by atoms with Crippen LogP contribution in [0.4, 0.5) is 0 Å². The van der Waals surface area contributed by atoms with Crippen LogP contribution in [0.15, 0.2) is 76.0 Å². The third-order valence-electron chi connectivity index (χ3n) is 6.85. The Balaban J connectivity index is 1.82. The highest BCUT2D eigenvalue weighted by atomic mass is 16.5. The maximum Gasteiger partial charge on any atom is 0.344 e. The van der Waals surface area contributed by atoms with Crippen molar-refractivity contribution in [1.82, 2.24) is 0 Å². The van der Waals surface area contributed by atoms with E-state index in [0.29, 0.717) is 60.5 Å². The SMILES string of the molecule is C=C(C)C(=O)OCCCCc1cc(CCCCOC(=O)C(C)(C)C)cc2oc(=O)c(-c3ccc(OC(=O)C(=C)C)cc3)cc12. The summed E-state index contributed by atoms with van der Waals surface area (Å²) < 4.78 is 21.7. The van der Waals surface area contributed by atoms with Crippen LogP contribution in [0.5, 0.6) is 5.75 Å². The van der Waals surface area contributed by atoms with Crippen LogP contribution in [-0.4, -0.2) is 31.1 Å². The molecule has 8 nitrogen and oxygen atoms in total. The Morgan fingerprint density at radius 3 is 2.02 bits per heavy atom. The number of rotatable bonds is 14. The van der Waals surface area contributed by atoms with Gasteiger partial charge in [0.05, 0.1) is 24.2 Å². The Morgan fingerprint density at radius 2 is 1.41 bits per heavy atom. The number of benzene rings is 2. The first-order valence-corrected chi connectivity index (χ1v) is 14.8. The van der Waals surface area contributed by atoms with Gasteiger partial charge in [-0.15, -0.1) is 0 Å². The Morgan fingerprint density at radius 1 is 0.795 bits per heavy atom. The first kappa shape index (κ1) is 34.0. The summed E-state index contributed by atoms with van der Waals surface area (Å²) in [7, 11) is 0. The fraction of sp³-hybridized carbons (Fsp3) is 0.389. The van der Waals surface area contributed by atoms with Gasteiger partial charge >= 0.3 is 23.5 Å². The van der Waals surface area contributed by atoms with E-state index in [4.69, 9.17) is 18.6 Å². The van der Waals surface area contributed by atoms with E-state index in [1.165, 1.54) is 0 Å². The fourth-order valence-corrected chi connectivity index (χ4v) is 4.32. The van der Waals surface area contributed by atoms with Crippen molar-refractivity contribution in [3.05, 3.63) is 88.3 Å². The molecule has 234 valence electrons. The first-order valence-electron chi connectivity index (χ1n) is 14.8. The third kappa shape index (κ3) is 9.79. The molecule has 0 saturated heterocycles. The molecule has 0 aliphatic heterocycles. The number of esters is 3. The Bertz CT molecular complexity index is 1590. The van der Waals surface area contributed by atoms with E-state index in [2.05, 4.69) is 19.2 Å². The average molecular weight is 603 g/mol. The third-order valence-corrected chi connectivity index (χ3v) is 6.85. The highest BCUT2D eigenvalue weighted by Gasteiger charge is 2.22. The molecule has 0 saturated carbocycles. The van der Waals surface area contributed by atoms with E-state index in [1.54, 1.807) is 38.1 Å². The monoisotopic (exact) mass is 602 g/mol. The lowest BCUT2D eigenvalue weighted by atomic mass is 9.96. The minimum absolute atomic E-state index is 0.223. The quantitative estimate of drug-likeness (QED) is 0.0622. The Hall–Kier alpha value is -4.46. The molecular weight excluding hydrogens is 560 g/mol. The highest BCUT2D eigenvalue weighted by Crippen LogP contribution is 2.28. The molecule has 0 aliphatic rings. The van der Waals surface area contributed by atoms with Gasteiger partial charge < -0.3 is 18.6 Å². The largest absolute Gasteiger partial charge is 0.465 e. The first-order chi connectivity index (χ1) is 20.8. The van der Waals surface area contributed by atoms with Crippen molar-refractivity contribution >= 4 is 28.9 Å². The van der Waals surface area contributed by atoms with Crippen LogP contribution in [0.1, 0.15) is 71.4 Å². The van der Waals surface area contributed by atoms with Crippen molar-refractivity contribution < 1.29 is 33.0 Å². The number of hydrogen-bond donors (Lipinski definition) is 0. The van der Waals surface area contributed by atoms with Crippen molar-refractivity contribution in [2.75, 3.05) is 13.2 Å². The molecule has 0 aliphatic carbocycles. The minimum atomic E-state index is -0.536. The normalized spacial score (nSPS) is 11.2. The summed E-state index contributed by atoms with van der Waals surface area (Å²) in [6, 6.07) is 12.5. The molecule has 0 atom stereocenters. The summed E-state index contributed by atoms with van der Waals surface area (Å²) in [6.07, 6.45) is 4.33. The van der Waals surface area contributed by atoms with Crippen molar-refractivity contribution in [2.24, 2.45) is 5.41 Å². The molecule has 8 heteroatoms. The van der Waals surface area contributed by atoms with Gasteiger partial charge in [-0.1, -0.05) is 31.4 Å². The summed E-state index contributed by atoms with van der Waals surface area (Å²) in [6.45, 7) is 16.5. The van der Waals surface area contributed by atoms with E-state index in [9.17, 15) is 19.2 Å². The second kappa shape index (κ2) is 15.3. The van der Waals surface area contributed by atoms with E-state index < -0.39 is 23.0 Å². The number of hydrogen-bond acceptors (Lipinski definition) is 8. The zero-order valence-corrected chi connectivity index (χ0v) is 26.4. The fourth-order valence-electron chi connectivity index (χ4n) is 4.32. The number of carbonyl (C=O) groups excluding carboxylic acids is 3. The molecule has 0 radical (unpaired) electrons. The maximum absolute atomic E-state index is 13.1. The molecule has 1 aromatic heterocycles. The summed E-state index contributed by atoms with van der Waals surface area (Å²) in [5.74, 6) is -0.807. The van der Waals surface area contributed by atoms with Crippen molar-refractivity contribution in [3.8, 4) is 16.9 Å². The van der Waals surface area contributed by atoms with Crippen molar-refractivity contribution in [2.45, 2.75) is 73.1 Å². The topological polar surface area (TPSA) is 109 Å². The maximum atomic E-state index is 13.1. The summed E-state index contributed by atoms with van der Waals surface area (Å²) in [5.41, 5.74) is 3.17. The molecule has 0 fully saturated rings. The van der Waals surface area contributed by atoms with Crippen LogP contribution >= 0.6 is 0 Å². The van der Waals surface area contributed by atoms with Crippen molar-refractivity contribution in [3.63, 3.8) is 0 Å². The highest BCUT2D eigenvalue weighted by molar-refractivity contribution is 5.89. The van der Waals surface area contributed by atoms with Crippen LogP contribution in [-0.2, 0) is 36.7 Å². The van der Waals surface area contributed by atoms with Gasteiger partial charge in [-0.3, -0.25) is 4.79 Å². The second-order valence-electron chi connectivity index (χ2n) is 12.0. The molecule has 0 amide bonds. The van der Waals surface area contributed by atoms with Gasteiger partial charge in [-0.05, 0) is 114 Å². The molecule has 0 unspecified atom stereocenters. The number of unbranched alkanes of at least 4 members (excludes halogenated alkanes) is 2. The molecule has 44 heavy (non-hydrogen) atoms. The van der Waals surface area contributed by atoms with Gasteiger partial charge in [-0.2, -0.15) is 0 Å². The lowest BCUT2D eigenvalue weighted by Crippen LogP contribution is -2.23. The van der Waals surface area contributed by atoms with E-state index in [1.807, 2.05) is 32.9 Å². The zero-order chi connectivity index (χ0) is 32.4. The predicted octanol–water partition coefficient (Wildman–Crippen LogP) is 7.30. The predicted molar refractivity (Wildman–Crippen MR) is 170 cm³/mol. The van der Waals surface area contributed by atoms with Crippen LogP contribution in [0.25, 0.3) is 22.1 Å². The van der Waals surface area contributed by atoms with E-state index in [0.717, 1.165) is 35.8 Å². The van der Waals surface area contributed by atoms with Gasteiger partial charge in [-0.25, -0.2) is 14.4 Å². The van der Waals surface area contributed by atoms with Gasteiger partial charge in [0.25, 0.3) is 0 Å². The van der Waals surface area contributed by atoms with E-state index >= 15 is 0 Å². The van der Waals surface area contributed by atoms with Crippen LogP contribution in [0.2, 0.25) is 0 Å². The number of ether oxygens (including phenoxy) is 3. The van der Waals surface area contributed by atoms with Gasteiger partial charge in [0.15, 0.2) is 0 Å². The number of carbonyl (C=O) groups is 3. The molecule has 0 N–H and O–H groups in total. The summed E-state index contributed by atoms with van der Waals surface area (Å²) in [4.78, 5) is 48.7. The number of aryl methyl sites for hydroxylation is 2. The second-order valence-corrected chi connectivity index (χ2v) is 12.0. The lowest BCUT2D eigenvalue weighted by Gasteiger charge is -2.16. The van der Waals surface area contributed by atoms with Crippen LogP contribution in [0, 0.1) is 5.41 Å². The summed E-state index contributed by atoms with van der Waals surface area (Å²) >= 11 is 0. The van der Waals surface area contributed by atoms with Gasteiger partial charge in [0.2, 0.25) is 0 Å². The lowest BCUT2D eigenvalue weighted by molar-refractivity contribution is -0.153. The molecule has 1 heterocycles. The Kier molecular flexibility index (Phi) is 11.9. The molecule has 3 aromatic rings. The summed E-state index contributed by atoms with van der Waals surface area (Å²) in [5, 5.41) is 0.819. The van der Waals surface area contributed by atoms with E-state index in [-0.39, 0.29) is 11.5 Å². The molecular formula is C36H42O8. The van der Waals surface area contributed by atoms with Crippen LogP contribution in [0.3, 0.4) is 0 Å². The molecule has 0 bridgehead atoms. The van der Waals surface area contributed by atoms with Gasteiger partial charge in [0.1, 0.15) is 11.3 Å². The average Bonchev–Trinajstić information content (AvgIpc) is 2.96. The molecule has 3 rings (SSSR count). The Labute approximate surface area is 258 Å².